The standard InChI is InChI=1S/C13H12FNO3/c1-18-13(3-2-4-13)8-5-9(12(16)17)10(7-15)11(14)6-8/h5-6H,2-4H2,1H3,(H,16,17). The molecule has 5 heteroatoms. The summed E-state index contributed by atoms with van der Waals surface area (Å²) in [6.45, 7) is 0. The Morgan fingerprint density at radius 3 is 2.61 bits per heavy atom. The van der Waals surface area contributed by atoms with Crippen molar-refractivity contribution in [2.24, 2.45) is 0 Å². The molecule has 1 aliphatic carbocycles. The number of halogens is 1. The summed E-state index contributed by atoms with van der Waals surface area (Å²) in [6, 6.07) is 4.12. The van der Waals surface area contributed by atoms with Crippen LogP contribution in [-0.2, 0) is 10.3 Å². The van der Waals surface area contributed by atoms with E-state index in [0.717, 1.165) is 19.3 Å². The first kappa shape index (κ1) is 12.5. The molecule has 4 nitrogen and oxygen atoms in total. The van der Waals surface area contributed by atoms with E-state index in [1.165, 1.54) is 19.2 Å². The van der Waals surface area contributed by atoms with Crippen LogP contribution in [0.3, 0.4) is 0 Å². The summed E-state index contributed by atoms with van der Waals surface area (Å²) < 4.78 is 19.1. The monoisotopic (exact) mass is 249 g/mol. The lowest BCUT2D eigenvalue weighted by molar-refractivity contribution is -0.0780. The third kappa shape index (κ3) is 1.75. The minimum atomic E-state index is -1.31. The lowest BCUT2D eigenvalue weighted by Gasteiger charge is -2.41. The number of carboxylic acid groups (broad SMARTS) is 1. The smallest absolute Gasteiger partial charge is 0.337 e. The Hall–Kier alpha value is -1.93. The highest BCUT2D eigenvalue weighted by Crippen LogP contribution is 2.44. The Bertz CT molecular complexity index is 538. The maximum Gasteiger partial charge on any atom is 0.337 e. The van der Waals surface area contributed by atoms with Gasteiger partial charge in [0.1, 0.15) is 17.4 Å². The highest BCUT2D eigenvalue weighted by Gasteiger charge is 2.40. The molecule has 0 aromatic heterocycles. The Balaban J connectivity index is 2.59. The summed E-state index contributed by atoms with van der Waals surface area (Å²) in [5, 5.41) is 17.8. The second-order valence-electron chi connectivity index (χ2n) is 4.35. The van der Waals surface area contributed by atoms with Gasteiger partial charge in [0.25, 0.3) is 0 Å². The Kier molecular flexibility index (Phi) is 3.05. The van der Waals surface area contributed by atoms with Gasteiger partial charge in [-0.2, -0.15) is 5.26 Å². The number of ether oxygens (including phenoxy) is 1. The molecule has 0 aliphatic heterocycles. The Morgan fingerprint density at radius 1 is 1.56 bits per heavy atom. The zero-order valence-corrected chi connectivity index (χ0v) is 9.86. The van der Waals surface area contributed by atoms with Crippen LogP contribution in [0.1, 0.15) is 40.7 Å². The van der Waals surface area contributed by atoms with Gasteiger partial charge in [-0.25, -0.2) is 9.18 Å². The number of hydrogen-bond acceptors (Lipinski definition) is 3. The number of rotatable bonds is 3. The van der Waals surface area contributed by atoms with Gasteiger partial charge in [0.05, 0.1) is 11.2 Å². The number of benzene rings is 1. The van der Waals surface area contributed by atoms with Crippen molar-refractivity contribution in [3.63, 3.8) is 0 Å². The summed E-state index contributed by atoms with van der Waals surface area (Å²) in [4.78, 5) is 11.0. The second kappa shape index (κ2) is 4.39. The normalized spacial score (nSPS) is 16.7. The van der Waals surface area contributed by atoms with Gasteiger partial charge in [-0.15, -0.1) is 0 Å². The van der Waals surface area contributed by atoms with Crippen molar-refractivity contribution in [1.29, 1.82) is 5.26 Å². The van der Waals surface area contributed by atoms with E-state index in [0.29, 0.717) is 5.56 Å². The first-order chi connectivity index (χ1) is 8.54. The molecular formula is C13H12FNO3. The van der Waals surface area contributed by atoms with Gasteiger partial charge in [0.15, 0.2) is 0 Å². The Morgan fingerprint density at radius 2 is 2.22 bits per heavy atom. The average Bonchev–Trinajstić information content (AvgIpc) is 2.27. The largest absolute Gasteiger partial charge is 0.478 e. The van der Waals surface area contributed by atoms with Gasteiger partial charge in [-0.3, -0.25) is 0 Å². The van der Waals surface area contributed by atoms with Crippen LogP contribution in [0.25, 0.3) is 0 Å². The van der Waals surface area contributed by atoms with Crippen molar-refractivity contribution in [3.05, 3.63) is 34.6 Å². The SMILES string of the molecule is COC1(c2cc(F)c(C#N)c(C(=O)O)c2)CCC1. The van der Waals surface area contributed by atoms with Gasteiger partial charge in [-0.05, 0) is 37.0 Å². The minimum Gasteiger partial charge on any atom is -0.478 e. The van der Waals surface area contributed by atoms with Crippen molar-refractivity contribution in [2.75, 3.05) is 7.11 Å². The number of carboxylic acids is 1. The zero-order valence-electron chi connectivity index (χ0n) is 9.86. The summed E-state index contributed by atoms with van der Waals surface area (Å²) >= 11 is 0. The van der Waals surface area contributed by atoms with Crippen LogP contribution in [0, 0.1) is 17.1 Å². The summed E-state index contributed by atoms with van der Waals surface area (Å²) in [5.74, 6) is -2.12. The van der Waals surface area contributed by atoms with Crippen molar-refractivity contribution >= 4 is 5.97 Å². The summed E-state index contributed by atoms with van der Waals surface area (Å²) in [5.41, 5.74) is -0.850. The molecule has 0 bridgehead atoms. The lowest BCUT2D eigenvalue weighted by atomic mass is 9.74. The van der Waals surface area contributed by atoms with Crippen LogP contribution in [0.2, 0.25) is 0 Å². The van der Waals surface area contributed by atoms with Crippen LogP contribution in [0.4, 0.5) is 4.39 Å². The van der Waals surface area contributed by atoms with Crippen LogP contribution in [0.15, 0.2) is 12.1 Å². The molecule has 0 spiro atoms. The molecular weight excluding hydrogens is 237 g/mol. The highest BCUT2D eigenvalue weighted by atomic mass is 19.1. The first-order valence-corrected chi connectivity index (χ1v) is 5.56. The second-order valence-corrected chi connectivity index (χ2v) is 4.35. The fourth-order valence-electron chi connectivity index (χ4n) is 2.26. The van der Waals surface area contributed by atoms with E-state index in [1.54, 1.807) is 6.07 Å². The summed E-state index contributed by atoms with van der Waals surface area (Å²) in [7, 11) is 1.52. The van der Waals surface area contributed by atoms with Crippen LogP contribution >= 0.6 is 0 Å². The minimum absolute atomic E-state index is 0.309. The maximum absolute atomic E-state index is 13.8. The maximum atomic E-state index is 13.8. The lowest BCUT2D eigenvalue weighted by Crippen LogP contribution is -2.36. The van der Waals surface area contributed by atoms with Crippen LogP contribution < -0.4 is 0 Å². The molecule has 0 heterocycles. The number of aromatic carboxylic acids is 1. The van der Waals surface area contributed by atoms with Crippen LogP contribution in [-0.4, -0.2) is 18.2 Å². The molecule has 0 saturated heterocycles. The van der Waals surface area contributed by atoms with E-state index >= 15 is 0 Å². The number of nitrogens with zero attached hydrogens (tertiary/aromatic N) is 1. The number of methoxy groups -OCH3 is 1. The van der Waals surface area contributed by atoms with Gasteiger partial charge in [0, 0.05) is 7.11 Å². The van der Waals surface area contributed by atoms with Crippen molar-refractivity contribution in [2.45, 2.75) is 24.9 Å². The van der Waals surface area contributed by atoms with Crippen molar-refractivity contribution < 1.29 is 19.0 Å². The van der Waals surface area contributed by atoms with Gasteiger partial charge < -0.3 is 9.84 Å². The van der Waals surface area contributed by atoms with Gasteiger partial charge in [0.2, 0.25) is 0 Å². The average molecular weight is 249 g/mol. The van der Waals surface area contributed by atoms with E-state index in [9.17, 15) is 9.18 Å². The Labute approximate surface area is 104 Å². The molecule has 0 radical (unpaired) electrons. The quantitative estimate of drug-likeness (QED) is 0.893. The molecule has 1 fully saturated rings. The predicted octanol–water partition coefficient (Wildman–Crippen LogP) is 2.42. The fourth-order valence-corrected chi connectivity index (χ4v) is 2.26. The third-order valence-electron chi connectivity index (χ3n) is 3.51. The number of nitriles is 1. The van der Waals surface area contributed by atoms with E-state index in [-0.39, 0.29) is 5.56 Å². The third-order valence-corrected chi connectivity index (χ3v) is 3.51. The van der Waals surface area contributed by atoms with Gasteiger partial charge in [-0.1, -0.05) is 0 Å². The van der Waals surface area contributed by atoms with Crippen LogP contribution in [0.5, 0.6) is 0 Å². The van der Waals surface area contributed by atoms with E-state index < -0.39 is 23.0 Å². The molecule has 1 N–H and O–H groups in total. The van der Waals surface area contributed by atoms with E-state index in [4.69, 9.17) is 15.1 Å². The zero-order chi connectivity index (χ0) is 13.3. The van der Waals surface area contributed by atoms with Gasteiger partial charge >= 0.3 is 5.97 Å². The molecule has 1 saturated carbocycles. The van der Waals surface area contributed by atoms with Crippen molar-refractivity contribution in [1.82, 2.24) is 0 Å². The molecule has 18 heavy (non-hydrogen) atoms. The van der Waals surface area contributed by atoms with E-state index in [1.807, 2.05) is 0 Å². The number of hydrogen-bond donors (Lipinski definition) is 1. The molecule has 1 aliphatic rings. The molecule has 94 valence electrons. The molecule has 0 amide bonds. The first-order valence-electron chi connectivity index (χ1n) is 5.56. The summed E-state index contributed by atoms with van der Waals surface area (Å²) in [6.07, 6.45) is 2.42. The van der Waals surface area contributed by atoms with Crippen molar-refractivity contribution in [3.8, 4) is 6.07 Å². The molecule has 0 atom stereocenters. The number of carbonyl (C=O) groups is 1. The highest BCUT2D eigenvalue weighted by molar-refractivity contribution is 5.91. The topological polar surface area (TPSA) is 70.3 Å². The molecule has 2 rings (SSSR count). The van der Waals surface area contributed by atoms with E-state index in [2.05, 4.69) is 0 Å². The molecule has 1 aromatic carbocycles. The fraction of sp³-hybridized carbons (Fsp3) is 0.385. The molecule has 1 aromatic rings. The molecule has 0 unspecified atom stereocenters. The predicted molar refractivity (Wildman–Crippen MR) is 60.6 cm³/mol.